The predicted molar refractivity (Wildman–Crippen MR) is 107 cm³/mol. The van der Waals surface area contributed by atoms with Gasteiger partial charge in [-0.1, -0.05) is 40.9 Å². The molecule has 2 aromatic rings. The summed E-state index contributed by atoms with van der Waals surface area (Å²) < 4.78 is 7.00. The second-order valence-corrected chi connectivity index (χ2v) is 9.51. The van der Waals surface area contributed by atoms with E-state index in [0.717, 1.165) is 4.34 Å². The van der Waals surface area contributed by atoms with Gasteiger partial charge >= 0.3 is 0 Å². The molecule has 1 aromatic carbocycles. The Kier molecular flexibility index (Phi) is 5.23. The lowest BCUT2D eigenvalue weighted by atomic mass is 9.80. The fourth-order valence-electron chi connectivity index (χ4n) is 4.44. The number of piperidine rings is 1. The van der Waals surface area contributed by atoms with Crippen LogP contribution in [-0.2, 0) is 0 Å². The molecule has 6 heteroatoms. The minimum absolute atomic E-state index is 0.425. The van der Waals surface area contributed by atoms with E-state index in [1.54, 1.807) is 17.4 Å². The first-order valence-electron chi connectivity index (χ1n) is 8.58. The molecule has 2 fully saturated rings. The van der Waals surface area contributed by atoms with Gasteiger partial charge in [-0.25, -0.2) is 0 Å². The molecule has 0 spiro atoms. The topological polar surface area (TPSA) is 12.5 Å². The van der Waals surface area contributed by atoms with E-state index in [9.17, 15) is 0 Å². The molecule has 4 rings (SSSR count). The average molecular weight is 417 g/mol. The molecule has 2 aliphatic rings. The minimum atomic E-state index is 0.425. The van der Waals surface area contributed by atoms with Crippen molar-refractivity contribution in [1.29, 1.82) is 0 Å². The molecule has 3 heterocycles. The third-order valence-electron chi connectivity index (χ3n) is 5.74. The maximum absolute atomic E-state index is 6.29. The summed E-state index contributed by atoms with van der Waals surface area (Å²) in [5.41, 5.74) is 0. The number of ether oxygens (including phenoxy) is 1. The molecule has 1 aromatic heterocycles. The highest BCUT2D eigenvalue weighted by Crippen LogP contribution is 2.48. The molecule has 0 saturated carbocycles. The monoisotopic (exact) mass is 415 g/mol. The van der Waals surface area contributed by atoms with Crippen molar-refractivity contribution in [3.63, 3.8) is 0 Å². The lowest BCUT2D eigenvalue weighted by Crippen LogP contribution is -2.47. The fourth-order valence-corrected chi connectivity index (χ4v) is 6.04. The third-order valence-corrected chi connectivity index (χ3v) is 7.90. The Morgan fingerprint density at radius 3 is 2.76 bits per heavy atom. The van der Waals surface area contributed by atoms with Crippen LogP contribution >= 0.6 is 46.1 Å². The molecular weight excluding hydrogens is 397 g/mol. The zero-order chi connectivity index (χ0) is 17.6. The second kappa shape index (κ2) is 7.28. The molecule has 134 valence electrons. The number of fused-ring (bicyclic) bond motifs is 2. The minimum Gasteiger partial charge on any atom is -0.492 e. The fraction of sp³-hybridized carbons (Fsp3) is 0.474. The van der Waals surface area contributed by atoms with Gasteiger partial charge in [-0.3, -0.25) is 0 Å². The highest BCUT2D eigenvalue weighted by molar-refractivity contribution is 7.16. The number of benzene rings is 1. The van der Waals surface area contributed by atoms with Crippen molar-refractivity contribution in [1.82, 2.24) is 4.90 Å². The Labute approximate surface area is 167 Å². The molecule has 2 saturated heterocycles. The maximum atomic E-state index is 6.29. The Hall–Kier alpha value is -0.450. The molecule has 0 N–H and O–H groups in total. The van der Waals surface area contributed by atoms with Crippen molar-refractivity contribution in [2.24, 2.45) is 5.92 Å². The summed E-state index contributed by atoms with van der Waals surface area (Å²) >= 11 is 20.3. The van der Waals surface area contributed by atoms with Crippen molar-refractivity contribution < 1.29 is 4.74 Å². The SMILES string of the molecule is CN1C2CCC1[C@H](COc1cccc(Cl)c1Cl)[C@@H](c1ccc(Cl)s1)C2. The standard InChI is InChI=1S/C19H20Cl3NOS/c1-23-11-5-6-15(23)13(12(9-11)17-7-8-18(21)25-17)10-24-16-4-2-3-14(20)19(16)22/h2-4,7-8,11-13,15H,5-6,9-10H2,1H3/t11?,12-,13+,15?/m0/s1. The van der Waals surface area contributed by atoms with E-state index >= 15 is 0 Å². The summed E-state index contributed by atoms with van der Waals surface area (Å²) in [6.07, 6.45) is 3.67. The van der Waals surface area contributed by atoms with Gasteiger partial charge in [0.25, 0.3) is 0 Å². The van der Waals surface area contributed by atoms with Gasteiger partial charge in [0, 0.05) is 28.8 Å². The van der Waals surface area contributed by atoms with Gasteiger partial charge in [-0.15, -0.1) is 11.3 Å². The molecule has 2 nitrogen and oxygen atoms in total. The summed E-state index contributed by atoms with van der Waals surface area (Å²) in [6.45, 7) is 0.641. The van der Waals surface area contributed by atoms with Crippen LogP contribution in [0.1, 0.15) is 30.1 Å². The van der Waals surface area contributed by atoms with Crippen LogP contribution in [0.5, 0.6) is 5.75 Å². The van der Waals surface area contributed by atoms with Gasteiger partial charge in [-0.2, -0.15) is 0 Å². The van der Waals surface area contributed by atoms with Crippen LogP contribution in [0.25, 0.3) is 0 Å². The van der Waals surface area contributed by atoms with Crippen LogP contribution in [0.15, 0.2) is 30.3 Å². The lowest BCUT2D eigenvalue weighted by molar-refractivity contribution is 0.0677. The molecular formula is C19H20Cl3NOS. The summed E-state index contributed by atoms with van der Waals surface area (Å²) in [5, 5.41) is 1.02. The van der Waals surface area contributed by atoms with Crippen molar-refractivity contribution in [2.75, 3.05) is 13.7 Å². The summed E-state index contributed by atoms with van der Waals surface area (Å²) in [4.78, 5) is 3.92. The number of thiophene rings is 1. The molecule has 2 aliphatic heterocycles. The van der Waals surface area contributed by atoms with Crippen molar-refractivity contribution in [3.8, 4) is 5.75 Å². The zero-order valence-electron chi connectivity index (χ0n) is 13.9. The lowest BCUT2D eigenvalue weighted by Gasteiger charge is -2.42. The summed E-state index contributed by atoms with van der Waals surface area (Å²) in [6, 6.07) is 10.9. The van der Waals surface area contributed by atoms with E-state index in [2.05, 4.69) is 18.0 Å². The first-order chi connectivity index (χ1) is 12.0. The van der Waals surface area contributed by atoms with E-state index in [0.29, 0.717) is 46.3 Å². The van der Waals surface area contributed by atoms with E-state index in [1.165, 1.54) is 24.1 Å². The molecule has 2 bridgehead atoms. The van der Waals surface area contributed by atoms with Crippen molar-refractivity contribution >= 4 is 46.1 Å². The van der Waals surface area contributed by atoms with Crippen LogP contribution in [0, 0.1) is 5.92 Å². The molecule has 4 atom stereocenters. The molecule has 0 aliphatic carbocycles. The smallest absolute Gasteiger partial charge is 0.139 e. The number of nitrogens with zero attached hydrogens (tertiary/aromatic N) is 1. The van der Waals surface area contributed by atoms with Gasteiger partial charge in [0.15, 0.2) is 0 Å². The first-order valence-corrected chi connectivity index (χ1v) is 10.5. The van der Waals surface area contributed by atoms with Gasteiger partial charge in [0.1, 0.15) is 10.8 Å². The predicted octanol–water partition coefficient (Wildman–Crippen LogP) is 6.35. The molecule has 0 amide bonds. The van der Waals surface area contributed by atoms with Crippen LogP contribution in [0.2, 0.25) is 14.4 Å². The van der Waals surface area contributed by atoms with E-state index in [-0.39, 0.29) is 0 Å². The summed E-state index contributed by atoms with van der Waals surface area (Å²) in [5.74, 6) is 1.58. The van der Waals surface area contributed by atoms with Crippen molar-refractivity contribution in [3.05, 3.63) is 49.6 Å². The number of hydrogen-bond donors (Lipinski definition) is 0. The van der Waals surface area contributed by atoms with Gasteiger partial charge < -0.3 is 9.64 Å². The normalized spacial score (nSPS) is 29.1. The first kappa shape index (κ1) is 17.9. The largest absolute Gasteiger partial charge is 0.492 e. The Bertz CT molecular complexity index is 765. The molecule has 0 radical (unpaired) electrons. The van der Waals surface area contributed by atoms with Crippen molar-refractivity contribution in [2.45, 2.75) is 37.3 Å². The van der Waals surface area contributed by atoms with Crippen LogP contribution < -0.4 is 4.74 Å². The number of rotatable bonds is 4. The zero-order valence-corrected chi connectivity index (χ0v) is 17.0. The highest BCUT2D eigenvalue weighted by atomic mass is 35.5. The summed E-state index contributed by atoms with van der Waals surface area (Å²) in [7, 11) is 2.25. The van der Waals surface area contributed by atoms with E-state index in [4.69, 9.17) is 39.5 Å². The van der Waals surface area contributed by atoms with Crippen LogP contribution in [-0.4, -0.2) is 30.6 Å². The quantitative estimate of drug-likeness (QED) is 0.575. The van der Waals surface area contributed by atoms with Crippen LogP contribution in [0.3, 0.4) is 0 Å². The highest BCUT2D eigenvalue weighted by Gasteiger charge is 2.46. The molecule has 2 unspecified atom stereocenters. The maximum Gasteiger partial charge on any atom is 0.139 e. The Morgan fingerprint density at radius 2 is 2.00 bits per heavy atom. The Balaban J connectivity index is 1.58. The average Bonchev–Trinajstić information content (AvgIpc) is 3.11. The van der Waals surface area contributed by atoms with E-state index < -0.39 is 0 Å². The van der Waals surface area contributed by atoms with Gasteiger partial charge in [-0.05, 0) is 50.6 Å². The Morgan fingerprint density at radius 1 is 1.16 bits per heavy atom. The van der Waals surface area contributed by atoms with Crippen LogP contribution in [0.4, 0.5) is 0 Å². The van der Waals surface area contributed by atoms with Gasteiger partial charge in [0.05, 0.1) is 16.0 Å². The number of hydrogen-bond acceptors (Lipinski definition) is 3. The third kappa shape index (κ3) is 3.42. The molecule has 25 heavy (non-hydrogen) atoms. The number of halogens is 3. The second-order valence-electron chi connectivity index (χ2n) is 6.97. The van der Waals surface area contributed by atoms with Gasteiger partial charge in [0.2, 0.25) is 0 Å². The van der Waals surface area contributed by atoms with E-state index in [1.807, 2.05) is 18.2 Å².